The minimum Gasteiger partial charge on any atom is -0.371 e. The monoisotopic (exact) mass is 220 g/mol. The topological polar surface area (TPSA) is 29.3 Å². The van der Waals surface area contributed by atoms with E-state index in [0.29, 0.717) is 0 Å². The van der Waals surface area contributed by atoms with Crippen LogP contribution in [0.25, 0.3) is 0 Å². The summed E-state index contributed by atoms with van der Waals surface area (Å²) in [6.45, 7) is 7.34. The molecule has 1 aromatic rings. The summed E-state index contributed by atoms with van der Waals surface area (Å²) >= 11 is 0. The second kappa shape index (κ2) is 7.29. The zero-order chi connectivity index (χ0) is 11.8. The fourth-order valence-electron chi connectivity index (χ4n) is 1.76. The lowest BCUT2D eigenvalue weighted by Gasteiger charge is -2.24. The summed E-state index contributed by atoms with van der Waals surface area (Å²) in [4.78, 5) is 2.44. The maximum absolute atomic E-state index is 5.58. The van der Waals surface area contributed by atoms with Crippen molar-refractivity contribution >= 4 is 5.69 Å². The van der Waals surface area contributed by atoms with E-state index in [1.165, 1.54) is 24.1 Å². The molecule has 1 aromatic carbocycles. The summed E-state index contributed by atoms with van der Waals surface area (Å²) in [5.74, 6) is 0. The Balaban J connectivity index is 2.62. The van der Waals surface area contributed by atoms with Crippen LogP contribution >= 0.6 is 0 Å². The van der Waals surface area contributed by atoms with Crippen molar-refractivity contribution in [3.63, 3.8) is 0 Å². The predicted molar refractivity (Wildman–Crippen MR) is 72.0 cm³/mol. The Morgan fingerprint density at radius 2 is 1.69 bits per heavy atom. The predicted octanol–water partition coefficient (Wildman–Crippen LogP) is 2.95. The minimum absolute atomic E-state index is 0.772. The first kappa shape index (κ1) is 13.0. The highest BCUT2D eigenvalue weighted by atomic mass is 15.1. The molecule has 0 radical (unpaired) electrons. The number of nitrogens with two attached hydrogens (primary N) is 1. The van der Waals surface area contributed by atoms with E-state index in [1.54, 1.807) is 0 Å². The molecule has 90 valence electrons. The molecular weight excluding hydrogens is 196 g/mol. The number of nitrogens with zero attached hydrogens (tertiary/aromatic N) is 1. The van der Waals surface area contributed by atoms with E-state index in [2.05, 4.69) is 43.0 Å². The molecule has 0 bridgehead atoms. The van der Waals surface area contributed by atoms with Crippen molar-refractivity contribution in [2.45, 2.75) is 33.1 Å². The molecule has 0 spiro atoms. The standard InChI is InChI=1S/C14H24N2/c1-3-4-11-16(12-5-10-15)14-8-6-13(2)7-9-14/h6-9H,3-5,10-12,15H2,1-2H3. The molecule has 0 aromatic heterocycles. The van der Waals surface area contributed by atoms with Gasteiger partial charge in [-0.3, -0.25) is 0 Å². The number of rotatable bonds is 7. The van der Waals surface area contributed by atoms with Crippen LogP contribution in [0.5, 0.6) is 0 Å². The minimum atomic E-state index is 0.772. The van der Waals surface area contributed by atoms with E-state index in [0.717, 1.165) is 26.1 Å². The van der Waals surface area contributed by atoms with Crippen LogP contribution in [0.1, 0.15) is 31.7 Å². The van der Waals surface area contributed by atoms with Crippen LogP contribution in [0.3, 0.4) is 0 Å². The SMILES string of the molecule is CCCCN(CCCN)c1ccc(C)cc1. The Hall–Kier alpha value is -1.02. The molecule has 0 saturated heterocycles. The van der Waals surface area contributed by atoms with Crippen LogP contribution in [0, 0.1) is 6.92 Å². The Morgan fingerprint density at radius 1 is 1.06 bits per heavy atom. The lowest BCUT2D eigenvalue weighted by Crippen LogP contribution is -2.27. The molecule has 0 heterocycles. The highest BCUT2D eigenvalue weighted by Gasteiger charge is 2.04. The largest absolute Gasteiger partial charge is 0.371 e. The zero-order valence-electron chi connectivity index (χ0n) is 10.6. The molecule has 0 amide bonds. The Kier molecular flexibility index (Phi) is 5.94. The van der Waals surface area contributed by atoms with Gasteiger partial charge in [0, 0.05) is 18.8 Å². The fraction of sp³-hybridized carbons (Fsp3) is 0.571. The summed E-state index contributed by atoms with van der Waals surface area (Å²) in [6, 6.07) is 8.77. The van der Waals surface area contributed by atoms with Gasteiger partial charge in [-0.1, -0.05) is 31.0 Å². The molecule has 16 heavy (non-hydrogen) atoms. The van der Waals surface area contributed by atoms with Crippen molar-refractivity contribution < 1.29 is 0 Å². The highest BCUT2D eigenvalue weighted by molar-refractivity contribution is 5.47. The van der Waals surface area contributed by atoms with Gasteiger partial charge in [-0.15, -0.1) is 0 Å². The van der Waals surface area contributed by atoms with Crippen LogP contribution in [0.15, 0.2) is 24.3 Å². The van der Waals surface area contributed by atoms with Crippen molar-refractivity contribution in [3.8, 4) is 0 Å². The van der Waals surface area contributed by atoms with Gasteiger partial charge in [-0.25, -0.2) is 0 Å². The van der Waals surface area contributed by atoms with Crippen molar-refractivity contribution in [3.05, 3.63) is 29.8 Å². The maximum atomic E-state index is 5.58. The Morgan fingerprint density at radius 3 is 2.25 bits per heavy atom. The summed E-state index contributed by atoms with van der Waals surface area (Å²) in [5, 5.41) is 0. The van der Waals surface area contributed by atoms with E-state index in [4.69, 9.17) is 5.73 Å². The molecular formula is C14H24N2. The number of benzene rings is 1. The first-order chi connectivity index (χ1) is 7.77. The summed E-state index contributed by atoms with van der Waals surface area (Å²) in [7, 11) is 0. The van der Waals surface area contributed by atoms with Crippen molar-refractivity contribution in [1.82, 2.24) is 0 Å². The Bertz CT molecular complexity index is 271. The van der Waals surface area contributed by atoms with Gasteiger partial charge < -0.3 is 10.6 Å². The van der Waals surface area contributed by atoms with Gasteiger partial charge in [0.05, 0.1) is 0 Å². The molecule has 0 fully saturated rings. The second-order valence-electron chi connectivity index (χ2n) is 4.32. The Labute approximate surface area is 99.5 Å². The first-order valence-corrected chi connectivity index (χ1v) is 6.29. The number of hydrogen-bond donors (Lipinski definition) is 1. The highest BCUT2D eigenvalue weighted by Crippen LogP contribution is 2.16. The van der Waals surface area contributed by atoms with E-state index >= 15 is 0 Å². The average Bonchev–Trinajstić information content (AvgIpc) is 2.31. The van der Waals surface area contributed by atoms with Gasteiger partial charge in [0.15, 0.2) is 0 Å². The molecule has 0 aliphatic rings. The molecule has 0 atom stereocenters. The quantitative estimate of drug-likeness (QED) is 0.765. The van der Waals surface area contributed by atoms with Gasteiger partial charge in [-0.2, -0.15) is 0 Å². The maximum Gasteiger partial charge on any atom is 0.0366 e. The van der Waals surface area contributed by atoms with E-state index in [1.807, 2.05) is 0 Å². The number of anilines is 1. The molecule has 2 N–H and O–H groups in total. The van der Waals surface area contributed by atoms with Crippen LogP contribution in [-0.2, 0) is 0 Å². The van der Waals surface area contributed by atoms with Crippen LogP contribution in [-0.4, -0.2) is 19.6 Å². The molecule has 0 unspecified atom stereocenters. The van der Waals surface area contributed by atoms with Crippen molar-refractivity contribution in [2.75, 3.05) is 24.5 Å². The third-order valence-corrected chi connectivity index (χ3v) is 2.81. The van der Waals surface area contributed by atoms with Crippen molar-refractivity contribution in [1.29, 1.82) is 0 Å². The van der Waals surface area contributed by atoms with Gasteiger partial charge in [-0.05, 0) is 38.4 Å². The van der Waals surface area contributed by atoms with E-state index in [-0.39, 0.29) is 0 Å². The van der Waals surface area contributed by atoms with Crippen LogP contribution in [0.2, 0.25) is 0 Å². The van der Waals surface area contributed by atoms with Crippen molar-refractivity contribution in [2.24, 2.45) is 5.73 Å². The normalized spacial score (nSPS) is 10.4. The molecule has 2 heteroatoms. The number of aryl methyl sites for hydroxylation is 1. The van der Waals surface area contributed by atoms with Crippen LogP contribution in [0.4, 0.5) is 5.69 Å². The lowest BCUT2D eigenvalue weighted by molar-refractivity contribution is 0.689. The second-order valence-corrected chi connectivity index (χ2v) is 4.32. The van der Waals surface area contributed by atoms with Gasteiger partial charge >= 0.3 is 0 Å². The first-order valence-electron chi connectivity index (χ1n) is 6.29. The van der Waals surface area contributed by atoms with Crippen LogP contribution < -0.4 is 10.6 Å². The average molecular weight is 220 g/mol. The molecule has 0 aliphatic carbocycles. The summed E-state index contributed by atoms with van der Waals surface area (Å²) < 4.78 is 0. The third kappa shape index (κ3) is 4.23. The molecule has 2 nitrogen and oxygen atoms in total. The van der Waals surface area contributed by atoms with Gasteiger partial charge in [0.2, 0.25) is 0 Å². The van der Waals surface area contributed by atoms with Gasteiger partial charge in [0.1, 0.15) is 0 Å². The third-order valence-electron chi connectivity index (χ3n) is 2.81. The number of hydrogen-bond acceptors (Lipinski definition) is 2. The molecule has 1 rings (SSSR count). The summed E-state index contributed by atoms with van der Waals surface area (Å²) in [5.41, 5.74) is 8.22. The smallest absolute Gasteiger partial charge is 0.0366 e. The fourth-order valence-corrected chi connectivity index (χ4v) is 1.76. The lowest BCUT2D eigenvalue weighted by atomic mass is 10.2. The summed E-state index contributed by atoms with van der Waals surface area (Å²) in [6.07, 6.45) is 3.56. The number of unbranched alkanes of at least 4 members (excludes halogenated alkanes) is 1. The molecule has 0 saturated carbocycles. The zero-order valence-corrected chi connectivity index (χ0v) is 10.6. The van der Waals surface area contributed by atoms with E-state index < -0.39 is 0 Å². The van der Waals surface area contributed by atoms with E-state index in [9.17, 15) is 0 Å². The van der Waals surface area contributed by atoms with Gasteiger partial charge in [0.25, 0.3) is 0 Å². The molecule has 0 aliphatic heterocycles.